The molecule has 0 radical (unpaired) electrons. The van der Waals surface area contributed by atoms with Crippen molar-refractivity contribution in [3.05, 3.63) is 0 Å². The van der Waals surface area contributed by atoms with Gasteiger partial charge in [-0.1, -0.05) is 34.1 Å². The maximum Gasteiger partial charge on any atom is 0.0501 e. The molecule has 72 valence electrons. The topological polar surface area (TPSA) is 9.23 Å². The van der Waals surface area contributed by atoms with Gasteiger partial charge in [0.25, 0.3) is 0 Å². The van der Waals surface area contributed by atoms with E-state index in [4.69, 9.17) is 4.74 Å². The van der Waals surface area contributed by atoms with Crippen LogP contribution in [-0.2, 0) is 4.74 Å². The smallest absolute Gasteiger partial charge is 0.0501 e. The fourth-order valence-corrected chi connectivity index (χ4v) is 2.34. The van der Waals surface area contributed by atoms with Gasteiger partial charge in [-0.3, -0.25) is 0 Å². The predicted octanol–water partition coefficient (Wildman–Crippen LogP) is 3.10. The summed E-state index contributed by atoms with van der Waals surface area (Å²) < 4.78 is 5.54. The molecule has 0 aliphatic carbocycles. The van der Waals surface area contributed by atoms with Gasteiger partial charge in [0, 0.05) is 6.61 Å². The summed E-state index contributed by atoms with van der Waals surface area (Å²) in [5.41, 5.74) is 0.534. The Bertz CT molecular complexity index is 142. The van der Waals surface area contributed by atoms with E-state index < -0.39 is 0 Å². The average molecular weight is 170 g/mol. The van der Waals surface area contributed by atoms with E-state index >= 15 is 0 Å². The third kappa shape index (κ3) is 1.82. The lowest BCUT2D eigenvalue weighted by Gasteiger charge is -2.43. The average Bonchev–Trinajstić information content (AvgIpc) is 2.05. The molecular formula is C11H22O. The first-order chi connectivity index (χ1) is 5.60. The Morgan fingerprint density at radius 3 is 2.58 bits per heavy atom. The molecule has 1 saturated heterocycles. The molecule has 1 aliphatic heterocycles. The Morgan fingerprint density at radius 1 is 1.50 bits per heavy atom. The highest BCUT2D eigenvalue weighted by molar-refractivity contribution is 4.85. The van der Waals surface area contributed by atoms with Crippen LogP contribution < -0.4 is 0 Å². The standard InChI is InChI=1S/C11H22O/c1-5-11(4)6-7-12-8-10(11)9(2)3/h9-10H,5-8H2,1-4H3/t10-,11+/m0/s1. The number of hydrogen-bond donors (Lipinski definition) is 0. The van der Waals surface area contributed by atoms with E-state index in [-0.39, 0.29) is 0 Å². The molecule has 1 aliphatic rings. The summed E-state index contributed by atoms with van der Waals surface area (Å²) in [4.78, 5) is 0. The van der Waals surface area contributed by atoms with Crippen molar-refractivity contribution in [1.82, 2.24) is 0 Å². The Kier molecular flexibility index (Phi) is 3.16. The van der Waals surface area contributed by atoms with Crippen LogP contribution in [0.3, 0.4) is 0 Å². The predicted molar refractivity (Wildman–Crippen MR) is 52.2 cm³/mol. The molecule has 0 aromatic carbocycles. The minimum Gasteiger partial charge on any atom is -0.381 e. The first-order valence-corrected chi connectivity index (χ1v) is 5.18. The fraction of sp³-hybridized carbons (Fsp3) is 1.00. The summed E-state index contributed by atoms with van der Waals surface area (Å²) in [6, 6.07) is 0. The molecule has 0 spiro atoms. The number of rotatable bonds is 2. The van der Waals surface area contributed by atoms with Gasteiger partial charge in [0.15, 0.2) is 0 Å². The largest absolute Gasteiger partial charge is 0.381 e. The summed E-state index contributed by atoms with van der Waals surface area (Å²) in [5, 5.41) is 0. The van der Waals surface area contributed by atoms with E-state index in [1.54, 1.807) is 0 Å². The summed E-state index contributed by atoms with van der Waals surface area (Å²) in [7, 11) is 0. The lowest BCUT2D eigenvalue weighted by Crippen LogP contribution is -2.39. The minimum absolute atomic E-state index is 0.534. The highest BCUT2D eigenvalue weighted by Crippen LogP contribution is 2.41. The SMILES string of the molecule is CC[C@]1(C)CCOC[C@H]1C(C)C. The van der Waals surface area contributed by atoms with Crippen molar-refractivity contribution in [2.75, 3.05) is 13.2 Å². The maximum atomic E-state index is 5.54. The molecule has 0 bridgehead atoms. The van der Waals surface area contributed by atoms with Gasteiger partial charge in [-0.2, -0.15) is 0 Å². The van der Waals surface area contributed by atoms with Crippen LogP contribution in [0.4, 0.5) is 0 Å². The molecule has 0 amide bonds. The molecule has 0 aromatic rings. The van der Waals surface area contributed by atoms with Gasteiger partial charge in [0.05, 0.1) is 6.61 Å². The third-order valence-corrected chi connectivity index (χ3v) is 3.62. The van der Waals surface area contributed by atoms with Crippen LogP contribution in [0.1, 0.15) is 40.5 Å². The van der Waals surface area contributed by atoms with Crippen molar-refractivity contribution in [2.45, 2.75) is 40.5 Å². The molecule has 1 heterocycles. The monoisotopic (exact) mass is 170 g/mol. The fourth-order valence-electron chi connectivity index (χ4n) is 2.34. The third-order valence-electron chi connectivity index (χ3n) is 3.62. The second-order valence-corrected chi connectivity index (χ2v) is 4.68. The van der Waals surface area contributed by atoms with Gasteiger partial charge in [0.2, 0.25) is 0 Å². The van der Waals surface area contributed by atoms with E-state index in [0.29, 0.717) is 5.41 Å². The second-order valence-electron chi connectivity index (χ2n) is 4.68. The maximum absolute atomic E-state index is 5.54. The van der Waals surface area contributed by atoms with Gasteiger partial charge < -0.3 is 4.74 Å². The molecular weight excluding hydrogens is 148 g/mol. The molecule has 1 heteroatoms. The summed E-state index contributed by atoms with van der Waals surface area (Å²) >= 11 is 0. The van der Waals surface area contributed by atoms with Crippen LogP contribution in [0.5, 0.6) is 0 Å². The summed E-state index contributed by atoms with van der Waals surface area (Å²) in [6.45, 7) is 11.3. The molecule has 0 N–H and O–H groups in total. The van der Waals surface area contributed by atoms with Crippen LogP contribution in [0.15, 0.2) is 0 Å². The molecule has 1 fully saturated rings. The summed E-state index contributed by atoms with van der Waals surface area (Å²) in [6.07, 6.45) is 2.53. The molecule has 2 atom stereocenters. The molecule has 1 nitrogen and oxygen atoms in total. The van der Waals surface area contributed by atoms with Crippen LogP contribution in [-0.4, -0.2) is 13.2 Å². The van der Waals surface area contributed by atoms with E-state index in [1.165, 1.54) is 12.8 Å². The molecule has 12 heavy (non-hydrogen) atoms. The highest BCUT2D eigenvalue weighted by Gasteiger charge is 2.37. The zero-order valence-corrected chi connectivity index (χ0v) is 8.89. The Hall–Kier alpha value is -0.0400. The lowest BCUT2D eigenvalue weighted by atomic mass is 9.67. The van der Waals surface area contributed by atoms with E-state index in [9.17, 15) is 0 Å². The number of ether oxygens (including phenoxy) is 1. The molecule has 0 saturated carbocycles. The Balaban J connectivity index is 2.66. The van der Waals surface area contributed by atoms with E-state index in [2.05, 4.69) is 27.7 Å². The molecule has 0 unspecified atom stereocenters. The van der Waals surface area contributed by atoms with Crippen molar-refractivity contribution in [3.63, 3.8) is 0 Å². The molecule has 0 aromatic heterocycles. The van der Waals surface area contributed by atoms with Crippen molar-refractivity contribution in [1.29, 1.82) is 0 Å². The highest BCUT2D eigenvalue weighted by atomic mass is 16.5. The van der Waals surface area contributed by atoms with Crippen molar-refractivity contribution in [3.8, 4) is 0 Å². The van der Waals surface area contributed by atoms with Crippen molar-refractivity contribution in [2.24, 2.45) is 17.3 Å². The minimum atomic E-state index is 0.534. The van der Waals surface area contributed by atoms with Crippen LogP contribution in [0.25, 0.3) is 0 Å². The van der Waals surface area contributed by atoms with Gasteiger partial charge >= 0.3 is 0 Å². The first-order valence-electron chi connectivity index (χ1n) is 5.18. The van der Waals surface area contributed by atoms with Crippen LogP contribution in [0, 0.1) is 17.3 Å². The van der Waals surface area contributed by atoms with Gasteiger partial charge in [-0.25, -0.2) is 0 Å². The summed E-state index contributed by atoms with van der Waals surface area (Å²) in [5.74, 6) is 1.52. The number of hydrogen-bond acceptors (Lipinski definition) is 1. The zero-order valence-electron chi connectivity index (χ0n) is 8.89. The van der Waals surface area contributed by atoms with Crippen LogP contribution in [0.2, 0.25) is 0 Å². The second kappa shape index (κ2) is 3.78. The van der Waals surface area contributed by atoms with Gasteiger partial charge in [-0.05, 0) is 23.7 Å². The quantitative estimate of drug-likeness (QED) is 0.619. The Labute approximate surface area is 76.5 Å². The van der Waals surface area contributed by atoms with Crippen molar-refractivity contribution >= 4 is 0 Å². The Morgan fingerprint density at radius 2 is 2.17 bits per heavy atom. The lowest BCUT2D eigenvalue weighted by molar-refractivity contribution is -0.0536. The normalized spacial score (nSPS) is 37.2. The van der Waals surface area contributed by atoms with Gasteiger partial charge in [0.1, 0.15) is 0 Å². The van der Waals surface area contributed by atoms with E-state index in [0.717, 1.165) is 25.0 Å². The van der Waals surface area contributed by atoms with Crippen molar-refractivity contribution < 1.29 is 4.74 Å². The van der Waals surface area contributed by atoms with Crippen LogP contribution >= 0.6 is 0 Å². The first kappa shape index (κ1) is 10.0. The molecule has 1 rings (SSSR count). The van der Waals surface area contributed by atoms with E-state index in [1.807, 2.05) is 0 Å². The van der Waals surface area contributed by atoms with Gasteiger partial charge in [-0.15, -0.1) is 0 Å². The zero-order chi connectivity index (χ0) is 9.19.